The van der Waals surface area contributed by atoms with Crippen LogP contribution in [0.25, 0.3) is 0 Å². The SMILES string of the molecule is CCOC(=O)C(C)NC1CCc2ccc(OC)cc21. The maximum Gasteiger partial charge on any atom is 0.322 e. The van der Waals surface area contributed by atoms with Crippen molar-refractivity contribution in [1.82, 2.24) is 5.32 Å². The van der Waals surface area contributed by atoms with Crippen LogP contribution >= 0.6 is 0 Å². The first-order valence-corrected chi connectivity index (χ1v) is 6.75. The maximum absolute atomic E-state index is 11.7. The summed E-state index contributed by atoms with van der Waals surface area (Å²) in [5, 5.41) is 3.34. The van der Waals surface area contributed by atoms with Crippen molar-refractivity contribution in [1.29, 1.82) is 0 Å². The van der Waals surface area contributed by atoms with Crippen LogP contribution in [-0.2, 0) is 16.0 Å². The number of ether oxygens (including phenoxy) is 2. The Morgan fingerprint density at radius 3 is 3.00 bits per heavy atom. The van der Waals surface area contributed by atoms with Crippen LogP contribution in [0.5, 0.6) is 5.75 Å². The van der Waals surface area contributed by atoms with Gasteiger partial charge in [0.1, 0.15) is 11.8 Å². The number of methoxy groups -OCH3 is 1. The first-order valence-electron chi connectivity index (χ1n) is 6.75. The fourth-order valence-corrected chi connectivity index (χ4v) is 2.52. The van der Waals surface area contributed by atoms with E-state index in [-0.39, 0.29) is 18.1 Å². The molecular weight excluding hydrogens is 242 g/mol. The summed E-state index contributed by atoms with van der Waals surface area (Å²) < 4.78 is 10.3. The minimum absolute atomic E-state index is 0.196. The van der Waals surface area contributed by atoms with Crippen LogP contribution in [0, 0.1) is 0 Å². The number of hydrogen-bond acceptors (Lipinski definition) is 4. The highest BCUT2D eigenvalue weighted by Gasteiger charge is 2.26. The predicted molar refractivity (Wildman–Crippen MR) is 73.3 cm³/mol. The van der Waals surface area contributed by atoms with Gasteiger partial charge in [-0.25, -0.2) is 0 Å². The summed E-state index contributed by atoms with van der Waals surface area (Å²) in [5.41, 5.74) is 2.56. The monoisotopic (exact) mass is 263 g/mol. The zero-order chi connectivity index (χ0) is 13.8. The molecule has 0 spiro atoms. The number of carbonyl (C=O) groups excluding carboxylic acids is 1. The number of nitrogens with one attached hydrogen (secondary N) is 1. The molecule has 2 rings (SSSR count). The van der Waals surface area contributed by atoms with Gasteiger partial charge in [0.15, 0.2) is 0 Å². The van der Waals surface area contributed by atoms with E-state index in [9.17, 15) is 4.79 Å². The second-order valence-electron chi connectivity index (χ2n) is 4.80. The fraction of sp³-hybridized carbons (Fsp3) is 0.533. The Morgan fingerprint density at radius 1 is 1.53 bits per heavy atom. The Morgan fingerprint density at radius 2 is 2.32 bits per heavy atom. The second-order valence-corrected chi connectivity index (χ2v) is 4.80. The summed E-state index contributed by atoms with van der Waals surface area (Å²) in [6, 6.07) is 6.05. The van der Waals surface area contributed by atoms with E-state index in [1.165, 1.54) is 11.1 Å². The molecule has 0 saturated heterocycles. The lowest BCUT2D eigenvalue weighted by Gasteiger charge is -2.19. The topological polar surface area (TPSA) is 47.6 Å². The van der Waals surface area contributed by atoms with Crippen molar-refractivity contribution >= 4 is 5.97 Å². The minimum Gasteiger partial charge on any atom is -0.497 e. The lowest BCUT2D eigenvalue weighted by atomic mass is 10.1. The number of carbonyl (C=O) groups is 1. The molecule has 1 aromatic rings. The normalized spacial score (nSPS) is 18.8. The van der Waals surface area contributed by atoms with E-state index in [0.29, 0.717) is 6.61 Å². The van der Waals surface area contributed by atoms with Crippen molar-refractivity contribution in [2.45, 2.75) is 38.8 Å². The van der Waals surface area contributed by atoms with E-state index in [0.717, 1.165) is 18.6 Å². The van der Waals surface area contributed by atoms with Crippen molar-refractivity contribution in [3.8, 4) is 5.75 Å². The van der Waals surface area contributed by atoms with Gasteiger partial charge in [-0.05, 0) is 49.9 Å². The Kier molecular flexibility index (Phi) is 4.43. The number of benzene rings is 1. The molecule has 1 aromatic carbocycles. The largest absolute Gasteiger partial charge is 0.497 e. The Hall–Kier alpha value is -1.55. The van der Waals surface area contributed by atoms with Gasteiger partial charge in [0.25, 0.3) is 0 Å². The number of fused-ring (bicyclic) bond motifs is 1. The summed E-state index contributed by atoms with van der Waals surface area (Å²) in [7, 11) is 1.67. The van der Waals surface area contributed by atoms with Crippen LogP contribution in [-0.4, -0.2) is 25.7 Å². The molecule has 19 heavy (non-hydrogen) atoms. The van der Waals surface area contributed by atoms with Gasteiger partial charge in [-0.15, -0.1) is 0 Å². The third-order valence-electron chi connectivity index (χ3n) is 3.52. The highest BCUT2D eigenvalue weighted by Crippen LogP contribution is 2.34. The first kappa shape index (κ1) is 13.9. The summed E-state index contributed by atoms with van der Waals surface area (Å²) >= 11 is 0. The molecule has 0 saturated carbocycles. The predicted octanol–water partition coefficient (Wildman–Crippen LogP) is 2.22. The van der Waals surface area contributed by atoms with Crippen LogP contribution in [0.3, 0.4) is 0 Å². The Balaban J connectivity index is 2.07. The molecule has 2 unspecified atom stereocenters. The summed E-state index contributed by atoms with van der Waals surface area (Å²) in [6.45, 7) is 4.08. The standard InChI is InChI=1S/C15H21NO3/c1-4-19-15(17)10(2)16-14-8-6-11-5-7-12(18-3)9-13(11)14/h5,7,9-10,14,16H,4,6,8H2,1-3H3. The van der Waals surface area contributed by atoms with Gasteiger partial charge in [0.05, 0.1) is 13.7 Å². The van der Waals surface area contributed by atoms with Crippen molar-refractivity contribution in [2.75, 3.05) is 13.7 Å². The smallest absolute Gasteiger partial charge is 0.322 e. The van der Waals surface area contributed by atoms with E-state index in [1.54, 1.807) is 7.11 Å². The van der Waals surface area contributed by atoms with Crippen molar-refractivity contribution in [2.24, 2.45) is 0 Å². The Bertz CT molecular complexity index is 459. The first-order chi connectivity index (χ1) is 9.15. The molecule has 1 aliphatic rings. The molecule has 0 aromatic heterocycles. The molecule has 1 aliphatic carbocycles. The molecule has 1 N–H and O–H groups in total. The lowest BCUT2D eigenvalue weighted by molar-refractivity contribution is -0.145. The molecule has 0 fully saturated rings. The zero-order valence-corrected chi connectivity index (χ0v) is 11.7. The van der Waals surface area contributed by atoms with Crippen molar-refractivity contribution < 1.29 is 14.3 Å². The molecule has 0 aliphatic heterocycles. The lowest BCUT2D eigenvalue weighted by Crippen LogP contribution is -2.37. The van der Waals surface area contributed by atoms with Crippen LogP contribution < -0.4 is 10.1 Å². The zero-order valence-electron chi connectivity index (χ0n) is 11.7. The number of rotatable bonds is 5. The molecule has 4 heteroatoms. The van der Waals surface area contributed by atoms with Crippen molar-refractivity contribution in [3.63, 3.8) is 0 Å². The van der Waals surface area contributed by atoms with Crippen LogP contribution in [0.2, 0.25) is 0 Å². The summed E-state index contributed by atoms with van der Waals surface area (Å²) in [5.74, 6) is 0.662. The molecule has 0 heterocycles. The molecule has 4 nitrogen and oxygen atoms in total. The van der Waals surface area contributed by atoms with Gasteiger partial charge >= 0.3 is 5.97 Å². The molecule has 2 atom stereocenters. The molecule has 104 valence electrons. The van der Waals surface area contributed by atoms with E-state index >= 15 is 0 Å². The Labute approximate surface area is 114 Å². The van der Waals surface area contributed by atoms with Crippen LogP contribution in [0.1, 0.15) is 37.4 Å². The third-order valence-corrected chi connectivity index (χ3v) is 3.52. The molecule has 0 bridgehead atoms. The van der Waals surface area contributed by atoms with Crippen LogP contribution in [0.15, 0.2) is 18.2 Å². The van der Waals surface area contributed by atoms with Gasteiger partial charge < -0.3 is 9.47 Å². The highest BCUT2D eigenvalue weighted by molar-refractivity contribution is 5.75. The number of esters is 1. The van der Waals surface area contributed by atoms with Gasteiger partial charge in [0.2, 0.25) is 0 Å². The van der Waals surface area contributed by atoms with Crippen molar-refractivity contribution in [3.05, 3.63) is 29.3 Å². The van der Waals surface area contributed by atoms with Gasteiger partial charge in [-0.2, -0.15) is 0 Å². The van der Waals surface area contributed by atoms with Gasteiger partial charge in [-0.1, -0.05) is 6.07 Å². The number of aryl methyl sites for hydroxylation is 1. The quantitative estimate of drug-likeness (QED) is 0.828. The van der Waals surface area contributed by atoms with E-state index in [4.69, 9.17) is 9.47 Å². The van der Waals surface area contributed by atoms with Crippen LogP contribution in [0.4, 0.5) is 0 Å². The van der Waals surface area contributed by atoms with E-state index in [1.807, 2.05) is 19.9 Å². The average molecular weight is 263 g/mol. The highest BCUT2D eigenvalue weighted by atomic mass is 16.5. The summed E-state index contributed by atoms with van der Waals surface area (Å²) in [4.78, 5) is 11.7. The molecular formula is C15H21NO3. The van der Waals surface area contributed by atoms with Gasteiger partial charge in [-0.3, -0.25) is 10.1 Å². The molecule has 0 radical (unpaired) electrons. The molecule has 0 amide bonds. The third kappa shape index (κ3) is 3.07. The van der Waals surface area contributed by atoms with E-state index < -0.39 is 0 Å². The van der Waals surface area contributed by atoms with E-state index in [2.05, 4.69) is 17.4 Å². The summed E-state index contributed by atoms with van der Waals surface area (Å²) in [6.07, 6.45) is 2.04. The second kappa shape index (κ2) is 6.06. The van der Waals surface area contributed by atoms with Gasteiger partial charge in [0, 0.05) is 6.04 Å². The maximum atomic E-state index is 11.7. The fourth-order valence-electron chi connectivity index (χ4n) is 2.52. The number of hydrogen-bond donors (Lipinski definition) is 1. The average Bonchev–Trinajstić information content (AvgIpc) is 2.81. The minimum atomic E-state index is -0.290.